The third-order valence-corrected chi connectivity index (χ3v) is 4.04. The molecule has 7 nitrogen and oxygen atoms in total. The topological polar surface area (TPSA) is 88.7 Å². The number of carbonyl (C=O) groups excluding carboxylic acids is 2. The van der Waals surface area contributed by atoms with E-state index >= 15 is 0 Å². The highest BCUT2D eigenvalue weighted by molar-refractivity contribution is 5.96. The predicted molar refractivity (Wildman–Crippen MR) is 125 cm³/mol. The summed E-state index contributed by atoms with van der Waals surface area (Å²) in [6.45, 7) is 10.4. The Labute approximate surface area is 197 Å². The van der Waals surface area contributed by atoms with E-state index in [4.69, 9.17) is 9.47 Å². The van der Waals surface area contributed by atoms with Crippen LogP contribution in [0, 0.1) is 0 Å². The van der Waals surface area contributed by atoms with Crippen molar-refractivity contribution < 1.29 is 32.2 Å². The van der Waals surface area contributed by atoms with Crippen molar-refractivity contribution in [3.63, 3.8) is 0 Å². The molecule has 2 aromatic carbocycles. The number of hydrogen-bond donors (Lipinski definition) is 3. The second-order valence-electron chi connectivity index (χ2n) is 9.57. The van der Waals surface area contributed by atoms with Crippen LogP contribution in [0.1, 0.15) is 52.7 Å². The minimum absolute atomic E-state index is 0.106. The SMILES string of the molecule is CC(C)(C)OC(=O)Nc1ccc(NCc2cccc(C(F)(F)F)c2)cc1NC(=O)OC(C)(C)C. The molecular weight excluding hydrogens is 451 g/mol. The highest BCUT2D eigenvalue weighted by Gasteiger charge is 2.30. The van der Waals surface area contributed by atoms with Gasteiger partial charge in [0.25, 0.3) is 0 Å². The third-order valence-electron chi connectivity index (χ3n) is 4.04. The summed E-state index contributed by atoms with van der Waals surface area (Å²) in [7, 11) is 0. The standard InChI is InChI=1S/C24H30F3N3O4/c1-22(2,3)33-20(31)29-18-11-10-17(13-19(18)30-21(32)34-23(4,5)6)28-14-15-8-7-9-16(12-15)24(25,26)27/h7-13,28H,14H2,1-6H3,(H,29,31)(H,30,32). The van der Waals surface area contributed by atoms with Crippen LogP contribution in [-0.2, 0) is 22.2 Å². The lowest BCUT2D eigenvalue weighted by atomic mass is 10.1. The monoisotopic (exact) mass is 481 g/mol. The molecule has 186 valence electrons. The number of anilines is 3. The van der Waals surface area contributed by atoms with Crippen molar-refractivity contribution in [2.75, 3.05) is 16.0 Å². The lowest BCUT2D eigenvalue weighted by molar-refractivity contribution is -0.137. The van der Waals surface area contributed by atoms with Crippen molar-refractivity contribution in [1.82, 2.24) is 0 Å². The first-order valence-electron chi connectivity index (χ1n) is 10.6. The lowest BCUT2D eigenvalue weighted by Crippen LogP contribution is -2.29. The molecule has 0 saturated carbocycles. The Bertz CT molecular complexity index is 1030. The van der Waals surface area contributed by atoms with Crippen molar-refractivity contribution in [3.05, 3.63) is 53.6 Å². The lowest BCUT2D eigenvalue weighted by Gasteiger charge is -2.22. The molecule has 0 aromatic heterocycles. The van der Waals surface area contributed by atoms with E-state index in [0.717, 1.165) is 12.1 Å². The maximum absolute atomic E-state index is 13.0. The van der Waals surface area contributed by atoms with Crippen LogP contribution in [-0.4, -0.2) is 23.4 Å². The molecule has 0 heterocycles. The van der Waals surface area contributed by atoms with Gasteiger partial charge in [-0.15, -0.1) is 0 Å². The fraction of sp³-hybridized carbons (Fsp3) is 0.417. The van der Waals surface area contributed by atoms with E-state index in [9.17, 15) is 22.8 Å². The van der Waals surface area contributed by atoms with Crippen molar-refractivity contribution in [2.45, 2.75) is 65.5 Å². The van der Waals surface area contributed by atoms with E-state index in [1.807, 2.05) is 0 Å². The van der Waals surface area contributed by atoms with Gasteiger partial charge in [-0.2, -0.15) is 13.2 Å². The van der Waals surface area contributed by atoms with Crippen LogP contribution in [0.3, 0.4) is 0 Å². The zero-order valence-electron chi connectivity index (χ0n) is 20.0. The summed E-state index contributed by atoms with van der Waals surface area (Å²) in [5.74, 6) is 0. The molecule has 0 bridgehead atoms. The molecule has 2 amide bonds. The summed E-state index contributed by atoms with van der Waals surface area (Å²) in [6.07, 6.45) is -5.89. The summed E-state index contributed by atoms with van der Waals surface area (Å²) < 4.78 is 49.4. The van der Waals surface area contributed by atoms with Crippen LogP contribution in [0.25, 0.3) is 0 Å². The zero-order valence-corrected chi connectivity index (χ0v) is 20.0. The molecule has 10 heteroatoms. The van der Waals surface area contributed by atoms with Gasteiger partial charge in [0.2, 0.25) is 0 Å². The van der Waals surface area contributed by atoms with Crippen molar-refractivity contribution >= 4 is 29.2 Å². The Morgan fingerprint density at radius 3 is 1.88 bits per heavy atom. The first-order chi connectivity index (χ1) is 15.5. The van der Waals surface area contributed by atoms with Gasteiger partial charge in [-0.25, -0.2) is 9.59 Å². The number of halogens is 3. The van der Waals surface area contributed by atoms with Gasteiger partial charge in [0, 0.05) is 12.2 Å². The van der Waals surface area contributed by atoms with Crippen molar-refractivity contribution in [2.24, 2.45) is 0 Å². The number of ether oxygens (including phenoxy) is 2. The van der Waals surface area contributed by atoms with E-state index in [-0.39, 0.29) is 17.9 Å². The normalized spacial score (nSPS) is 12.0. The summed E-state index contributed by atoms with van der Waals surface area (Å²) >= 11 is 0. The highest BCUT2D eigenvalue weighted by Crippen LogP contribution is 2.30. The molecule has 0 radical (unpaired) electrons. The fourth-order valence-corrected chi connectivity index (χ4v) is 2.76. The second-order valence-corrected chi connectivity index (χ2v) is 9.57. The van der Waals surface area contributed by atoms with Gasteiger partial charge in [0.05, 0.1) is 16.9 Å². The molecule has 2 rings (SSSR count). The Hall–Kier alpha value is -3.43. The quantitative estimate of drug-likeness (QED) is 0.427. The minimum Gasteiger partial charge on any atom is -0.444 e. The van der Waals surface area contributed by atoms with E-state index in [2.05, 4.69) is 16.0 Å². The fourth-order valence-electron chi connectivity index (χ4n) is 2.76. The largest absolute Gasteiger partial charge is 0.444 e. The van der Waals surface area contributed by atoms with Crippen LogP contribution in [0.15, 0.2) is 42.5 Å². The number of carbonyl (C=O) groups is 2. The van der Waals surface area contributed by atoms with E-state index in [0.29, 0.717) is 11.3 Å². The van der Waals surface area contributed by atoms with Gasteiger partial charge < -0.3 is 14.8 Å². The Kier molecular flexibility index (Phi) is 8.07. The molecule has 34 heavy (non-hydrogen) atoms. The van der Waals surface area contributed by atoms with Crippen LogP contribution in [0.2, 0.25) is 0 Å². The Morgan fingerprint density at radius 1 is 0.794 bits per heavy atom. The van der Waals surface area contributed by atoms with Gasteiger partial charge >= 0.3 is 18.4 Å². The van der Waals surface area contributed by atoms with Gasteiger partial charge in [-0.05, 0) is 77.4 Å². The molecule has 0 aliphatic carbocycles. The summed E-state index contributed by atoms with van der Waals surface area (Å²) in [5, 5.41) is 8.18. The number of amides is 2. The molecule has 0 aliphatic rings. The number of nitrogens with one attached hydrogen (secondary N) is 3. The highest BCUT2D eigenvalue weighted by atomic mass is 19.4. The minimum atomic E-state index is -4.44. The maximum atomic E-state index is 13.0. The smallest absolute Gasteiger partial charge is 0.416 e. The molecule has 0 spiro atoms. The van der Waals surface area contributed by atoms with E-state index < -0.39 is 35.1 Å². The molecule has 0 unspecified atom stereocenters. The van der Waals surface area contributed by atoms with Gasteiger partial charge in [-0.3, -0.25) is 10.6 Å². The Balaban J connectivity index is 2.23. The van der Waals surface area contributed by atoms with Crippen LogP contribution < -0.4 is 16.0 Å². The number of alkyl halides is 3. The molecule has 2 aromatic rings. The molecule has 3 N–H and O–H groups in total. The van der Waals surface area contributed by atoms with Gasteiger partial charge in [0.15, 0.2) is 0 Å². The molecule has 0 aliphatic heterocycles. The van der Waals surface area contributed by atoms with Gasteiger partial charge in [-0.1, -0.05) is 12.1 Å². The first-order valence-corrected chi connectivity index (χ1v) is 10.6. The van der Waals surface area contributed by atoms with Crippen molar-refractivity contribution in [1.29, 1.82) is 0 Å². The predicted octanol–water partition coefficient (Wildman–Crippen LogP) is 7.01. The van der Waals surface area contributed by atoms with E-state index in [1.165, 1.54) is 18.2 Å². The van der Waals surface area contributed by atoms with Crippen molar-refractivity contribution in [3.8, 4) is 0 Å². The van der Waals surface area contributed by atoms with Crippen LogP contribution >= 0.6 is 0 Å². The molecule has 0 saturated heterocycles. The first kappa shape index (κ1) is 26.8. The third kappa shape index (κ3) is 9.21. The zero-order chi connectivity index (χ0) is 25.7. The van der Waals surface area contributed by atoms with E-state index in [1.54, 1.807) is 53.7 Å². The average molecular weight is 482 g/mol. The van der Waals surface area contributed by atoms with Crippen LogP contribution in [0.4, 0.5) is 39.8 Å². The number of benzene rings is 2. The Morgan fingerprint density at radius 2 is 1.35 bits per heavy atom. The molecule has 0 atom stereocenters. The summed E-state index contributed by atoms with van der Waals surface area (Å²) in [6, 6.07) is 9.65. The van der Waals surface area contributed by atoms with Gasteiger partial charge in [0.1, 0.15) is 11.2 Å². The maximum Gasteiger partial charge on any atom is 0.416 e. The average Bonchev–Trinajstić information content (AvgIpc) is 2.64. The summed E-state index contributed by atoms with van der Waals surface area (Å²) in [5.41, 5.74) is -0.821. The number of rotatable bonds is 5. The number of hydrogen-bond acceptors (Lipinski definition) is 5. The molecule has 0 fully saturated rings. The summed E-state index contributed by atoms with van der Waals surface area (Å²) in [4.78, 5) is 24.5. The van der Waals surface area contributed by atoms with Crippen LogP contribution in [0.5, 0.6) is 0 Å². The molecular formula is C24H30F3N3O4. The second kappa shape index (κ2) is 10.2.